The first kappa shape index (κ1) is 23.1. The van der Waals surface area contributed by atoms with Crippen LogP contribution in [0.4, 0.5) is 0 Å². The molecule has 0 bridgehead atoms. The van der Waals surface area contributed by atoms with Crippen molar-refractivity contribution in [1.82, 2.24) is 0 Å². The SMILES string of the molecule is CCCCCC(O)CC(=O)CCc1ccc(O)c(OC2CCCC3(CCCC3)C2)c1. The maximum Gasteiger partial charge on any atom is 0.161 e. The summed E-state index contributed by atoms with van der Waals surface area (Å²) >= 11 is 0. The smallest absolute Gasteiger partial charge is 0.161 e. The maximum absolute atomic E-state index is 12.2. The summed E-state index contributed by atoms with van der Waals surface area (Å²) in [6.07, 6.45) is 14.9. The highest BCUT2D eigenvalue weighted by atomic mass is 16.5. The number of benzene rings is 1. The van der Waals surface area contributed by atoms with E-state index in [4.69, 9.17) is 4.74 Å². The number of aryl methyl sites for hydroxylation is 1. The van der Waals surface area contributed by atoms with Crippen LogP contribution in [0, 0.1) is 5.41 Å². The minimum atomic E-state index is -0.517. The Hall–Kier alpha value is -1.55. The number of ketones is 1. The normalized spacial score (nSPS) is 21.6. The van der Waals surface area contributed by atoms with Crippen molar-refractivity contribution in [3.05, 3.63) is 23.8 Å². The number of ether oxygens (including phenoxy) is 1. The van der Waals surface area contributed by atoms with E-state index < -0.39 is 6.10 Å². The summed E-state index contributed by atoms with van der Waals surface area (Å²) in [6, 6.07) is 5.45. The number of carbonyl (C=O) groups excluding carboxylic acids is 1. The van der Waals surface area contributed by atoms with Crippen molar-refractivity contribution < 1.29 is 19.7 Å². The third-order valence-electron chi connectivity index (χ3n) is 7.17. The first-order valence-corrected chi connectivity index (χ1v) is 12.2. The molecular formula is C26H40O4. The third-order valence-corrected chi connectivity index (χ3v) is 7.17. The molecule has 2 N–H and O–H groups in total. The zero-order valence-electron chi connectivity index (χ0n) is 18.7. The molecule has 1 aromatic rings. The molecule has 2 fully saturated rings. The number of hydrogen-bond acceptors (Lipinski definition) is 4. The van der Waals surface area contributed by atoms with E-state index in [9.17, 15) is 15.0 Å². The van der Waals surface area contributed by atoms with Crippen molar-refractivity contribution in [3.8, 4) is 11.5 Å². The lowest BCUT2D eigenvalue weighted by Gasteiger charge is -2.38. The number of phenols is 1. The van der Waals surface area contributed by atoms with Gasteiger partial charge in [-0.1, -0.05) is 45.1 Å². The molecule has 2 saturated carbocycles. The summed E-state index contributed by atoms with van der Waals surface area (Å²) < 4.78 is 6.26. The fourth-order valence-electron chi connectivity index (χ4n) is 5.44. The summed E-state index contributed by atoms with van der Waals surface area (Å²) in [5.41, 5.74) is 1.48. The van der Waals surface area contributed by atoms with Crippen LogP contribution in [0.2, 0.25) is 0 Å². The van der Waals surface area contributed by atoms with Crippen LogP contribution in [0.25, 0.3) is 0 Å². The van der Waals surface area contributed by atoms with Gasteiger partial charge in [0.1, 0.15) is 5.78 Å². The molecule has 1 aromatic carbocycles. The number of aromatic hydroxyl groups is 1. The Labute approximate surface area is 182 Å². The molecule has 4 nitrogen and oxygen atoms in total. The number of Topliss-reactive ketones (excluding diaryl/α,β-unsaturated/α-hetero) is 1. The van der Waals surface area contributed by atoms with Gasteiger partial charge in [0.2, 0.25) is 0 Å². The van der Waals surface area contributed by atoms with Crippen molar-refractivity contribution in [3.63, 3.8) is 0 Å². The van der Waals surface area contributed by atoms with Gasteiger partial charge in [0.25, 0.3) is 0 Å². The van der Waals surface area contributed by atoms with E-state index >= 15 is 0 Å². The monoisotopic (exact) mass is 416 g/mol. The van der Waals surface area contributed by atoms with E-state index in [0.717, 1.165) is 37.7 Å². The van der Waals surface area contributed by atoms with Gasteiger partial charge in [-0.25, -0.2) is 0 Å². The Bertz CT molecular complexity index is 678. The number of carbonyl (C=O) groups is 1. The Morgan fingerprint density at radius 3 is 2.73 bits per heavy atom. The van der Waals surface area contributed by atoms with Gasteiger partial charge in [-0.15, -0.1) is 0 Å². The van der Waals surface area contributed by atoms with Gasteiger partial charge in [-0.2, -0.15) is 0 Å². The van der Waals surface area contributed by atoms with Gasteiger partial charge in [0.05, 0.1) is 12.2 Å². The average Bonchev–Trinajstić information content (AvgIpc) is 3.16. The summed E-state index contributed by atoms with van der Waals surface area (Å²) in [5, 5.41) is 20.3. The maximum atomic E-state index is 12.2. The molecule has 2 aliphatic rings. The highest BCUT2D eigenvalue weighted by molar-refractivity contribution is 5.79. The van der Waals surface area contributed by atoms with Crippen LogP contribution >= 0.6 is 0 Å². The largest absolute Gasteiger partial charge is 0.504 e. The van der Waals surface area contributed by atoms with E-state index in [0.29, 0.717) is 30.4 Å². The van der Waals surface area contributed by atoms with Gasteiger partial charge < -0.3 is 14.9 Å². The number of aliphatic hydroxyl groups is 1. The lowest BCUT2D eigenvalue weighted by Crippen LogP contribution is -2.32. The molecule has 0 saturated heterocycles. The van der Waals surface area contributed by atoms with Crippen LogP contribution in [0.1, 0.15) is 102 Å². The molecular weight excluding hydrogens is 376 g/mol. The molecule has 0 heterocycles. The lowest BCUT2D eigenvalue weighted by molar-refractivity contribution is -0.121. The van der Waals surface area contributed by atoms with Crippen molar-refractivity contribution in [2.45, 2.75) is 115 Å². The fraction of sp³-hybridized carbons (Fsp3) is 0.731. The molecule has 0 aromatic heterocycles. The number of rotatable bonds is 11. The third kappa shape index (κ3) is 6.73. The summed E-state index contributed by atoms with van der Waals surface area (Å²) in [6.45, 7) is 2.13. The molecule has 2 atom stereocenters. The van der Waals surface area contributed by atoms with Crippen LogP contribution in [-0.2, 0) is 11.2 Å². The van der Waals surface area contributed by atoms with Crippen molar-refractivity contribution in [2.75, 3.05) is 0 Å². The fourth-order valence-corrected chi connectivity index (χ4v) is 5.44. The first-order chi connectivity index (χ1) is 14.5. The Balaban J connectivity index is 1.49. The molecule has 4 heteroatoms. The number of phenolic OH excluding ortho intramolecular Hbond substituents is 1. The van der Waals surface area contributed by atoms with Crippen molar-refractivity contribution in [2.24, 2.45) is 5.41 Å². The minimum Gasteiger partial charge on any atom is -0.504 e. The molecule has 3 rings (SSSR count). The number of hydrogen-bond donors (Lipinski definition) is 2. The van der Waals surface area contributed by atoms with Crippen LogP contribution in [0.15, 0.2) is 18.2 Å². The summed E-state index contributed by atoms with van der Waals surface area (Å²) in [5.74, 6) is 0.840. The van der Waals surface area contributed by atoms with Crippen LogP contribution < -0.4 is 4.74 Å². The quantitative estimate of drug-likeness (QED) is 0.427. The average molecular weight is 417 g/mol. The predicted octanol–water partition coefficient (Wildman–Crippen LogP) is 6.11. The van der Waals surface area contributed by atoms with E-state index in [2.05, 4.69) is 6.92 Å². The van der Waals surface area contributed by atoms with Gasteiger partial charge in [0.15, 0.2) is 11.5 Å². The molecule has 168 valence electrons. The zero-order chi connectivity index (χ0) is 21.4. The summed E-state index contributed by atoms with van der Waals surface area (Å²) in [7, 11) is 0. The van der Waals surface area contributed by atoms with Crippen molar-refractivity contribution >= 4 is 5.78 Å². The molecule has 0 radical (unpaired) electrons. The van der Waals surface area contributed by atoms with Gasteiger partial charge in [-0.3, -0.25) is 4.79 Å². The van der Waals surface area contributed by atoms with E-state index in [1.165, 1.54) is 38.5 Å². The number of unbranched alkanes of at least 4 members (excludes halogenated alkanes) is 2. The molecule has 30 heavy (non-hydrogen) atoms. The highest BCUT2D eigenvalue weighted by Crippen LogP contribution is 2.49. The minimum absolute atomic E-state index is 0.102. The lowest BCUT2D eigenvalue weighted by atomic mass is 9.72. The molecule has 1 spiro atoms. The van der Waals surface area contributed by atoms with Crippen LogP contribution in [0.3, 0.4) is 0 Å². The first-order valence-electron chi connectivity index (χ1n) is 12.2. The van der Waals surface area contributed by atoms with Crippen LogP contribution in [-0.4, -0.2) is 28.2 Å². The molecule has 2 unspecified atom stereocenters. The molecule has 0 amide bonds. The van der Waals surface area contributed by atoms with Gasteiger partial charge >= 0.3 is 0 Å². The zero-order valence-corrected chi connectivity index (χ0v) is 18.7. The molecule has 0 aliphatic heterocycles. The second kappa shape index (κ2) is 11.2. The Kier molecular flexibility index (Phi) is 8.61. The van der Waals surface area contributed by atoms with Crippen molar-refractivity contribution in [1.29, 1.82) is 0 Å². The topological polar surface area (TPSA) is 66.8 Å². The second-order valence-electron chi connectivity index (χ2n) is 9.74. The van der Waals surface area contributed by atoms with E-state index in [-0.39, 0.29) is 24.1 Å². The van der Waals surface area contributed by atoms with Gasteiger partial charge in [0, 0.05) is 12.8 Å². The standard InChI is InChI=1S/C26H40O4/c1-2-3-4-8-21(27)18-22(28)12-10-20-11-13-24(29)25(17-20)30-23-9-7-16-26(19-23)14-5-6-15-26/h11,13,17,21,23,27,29H,2-10,12,14-16,18-19H2,1H3. The number of aliphatic hydroxyl groups excluding tert-OH is 1. The highest BCUT2D eigenvalue weighted by Gasteiger charge is 2.39. The summed E-state index contributed by atoms with van der Waals surface area (Å²) in [4.78, 5) is 12.2. The molecule has 2 aliphatic carbocycles. The van der Waals surface area contributed by atoms with Crippen LogP contribution in [0.5, 0.6) is 11.5 Å². The predicted molar refractivity (Wildman–Crippen MR) is 120 cm³/mol. The Morgan fingerprint density at radius 2 is 1.97 bits per heavy atom. The van der Waals surface area contributed by atoms with E-state index in [1.807, 2.05) is 12.1 Å². The Morgan fingerprint density at radius 1 is 1.20 bits per heavy atom. The van der Waals surface area contributed by atoms with E-state index in [1.54, 1.807) is 6.07 Å². The second-order valence-corrected chi connectivity index (χ2v) is 9.74. The van der Waals surface area contributed by atoms with Gasteiger partial charge in [-0.05, 0) is 74.5 Å².